The van der Waals surface area contributed by atoms with Crippen molar-refractivity contribution in [2.45, 2.75) is 19.3 Å². The number of aromatic nitrogens is 3. The Kier molecular flexibility index (Phi) is 5.47. The van der Waals surface area contributed by atoms with Crippen molar-refractivity contribution in [3.05, 3.63) is 71.2 Å². The Morgan fingerprint density at radius 2 is 1.63 bits per heavy atom. The van der Waals surface area contributed by atoms with Crippen molar-refractivity contribution in [3.63, 3.8) is 0 Å². The van der Waals surface area contributed by atoms with Crippen molar-refractivity contribution < 1.29 is 23.1 Å². The number of carboxylic acids is 1. The lowest BCUT2D eigenvalue weighted by Crippen LogP contribution is -2.25. The third-order valence-electron chi connectivity index (χ3n) is 4.71. The zero-order valence-electron chi connectivity index (χ0n) is 16.7. The first kappa shape index (κ1) is 21.2. The van der Waals surface area contributed by atoms with Crippen LogP contribution in [0, 0.1) is 17.7 Å². The number of pyridine rings is 3. The second-order valence-corrected chi connectivity index (χ2v) is 7.45. The van der Waals surface area contributed by atoms with Crippen LogP contribution < -0.4 is 4.90 Å². The molecule has 0 fully saturated rings. The molecule has 0 spiro atoms. The molecule has 3 aromatic heterocycles. The predicted molar refractivity (Wildman–Crippen MR) is 105 cm³/mol. The minimum atomic E-state index is -1.21. The Balaban J connectivity index is 2.17. The van der Waals surface area contributed by atoms with Gasteiger partial charge in [0.25, 0.3) is 0 Å². The normalized spacial score (nSPS) is 11.4. The van der Waals surface area contributed by atoms with Gasteiger partial charge in [-0.05, 0) is 44.2 Å². The molecule has 0 saturated heterocycles. The van der Waals surface area contributed by atoms with Crippen LogP contribution in [0.4, 0.5) is 18.9 Å². The zero-order chi connectivity index (χ0) is 22.2. The van der Waals surface area contributed by atoms with E-state index < -0.39 is 29.1 Å². The highest BCUT2D eigenvalue weighted by Gasteiger charge is 2.30. The van der Waals surface area contributed by atoms with E-state index in [0.717, 1.165) is 18.2 Å². The molecule has 0 saturated carbocycles. The standard InChI is InChI=1S/C21H19F3N4O2/c1-21(2,17-10-12(28(3)4)9-15(26-17)20(29)30)16-8-11(22)7-14(25-16)13-5-6-18(23)27-19(13)24/h5-10H,1-4H3,(H,29,30). The van der Waals surface area contributed by atoms with Gasteiger partial charge in [0.05, 0.1) is 22.6 Å². The minimum absolute atomic E-state index is 0.0645. The molecule has 3 rings (SSSR count). The molecule has 3 aromatic rings. The Hall–Kier alpha value is -3.49. The lowest BCUT2D eigenvalue weighted by atomic mass is 9.84. The molecule has 0 radical (unpaired) electrons. The zero-order valence-corrected chi connectivity index (χ0v) is 16.7. The van der Waals surface area contributed by atoms with E-state index in [1.54, 1.807) is 38.9 Å². The first-order valence-electron chi connectivity index (χ1n) is 8.92. The number of carboxylic acid groups (broad SMARTS) is 1. The van der Waals surface area contributed by atoms with Crippen molar-refractivity contribution in [3.8, 4) is 11.3 Å². The fourth-order valence-corrected chi connectivity index (χ4v) is 2.89. The van der Waals surface area contributed by atoms with E-state index in [4.69, 9.17) is 0 Å². The summed E-state index contributed by atoms with van der Waals surface area (Å²) >= 11 is 0. The van der Waals surface area contributed by atoms with E-state index in [-0.39, 0.29) is 22.6 Å². The van der Waals surface area contributed by atoms with Crippen molar-refractivity contribution in [2.75, 3.05) is 19.0 Å². The molecule has 6 nitrogen and oxygen atoms in total. The number of rotatable bonds is 5. The van der Waals surface area contributed by atoms with Crippen LogP contribution in [0.25, 0.3) is 11.3 Å². The fourth-order valence-electron chi connectivity index (χ4n) is 2.89. The van der Waals surface area contributed by atoms with Crippen LogP contribution >= 0.6 is 0 Å². The number of hydrogen-bond donors (Lipinski definition) is 1. The number of aromatic carboxylic acids is 1. The van der Waals surface area contributed by atoms with Gasteiger partial charge in [-0.15, -0.1) is 0 Å². The lowest BCUT2D eigenvalue weighted by molar-refractivity contribution is 0.0690. The van der Waals surface area contributed by atoms with E-state index >= 15 is 0 Å². The summed E-state index contributed by atoms with van der Waals surface area (Å²) in [6, 6.07) is 7.37. The monoisotopic (exact) mass is 416 g/mol. The molecule has 1 N–H and O–H groups in total. The summed E-state index contributed by atoms with van der Waals surface area (Å²) < 4.78 is 41.6. The number of hydrogen-bond acceptors (Lipinski definition) is 5. The molecule has 0 aliphatic heterocycles. The smallest absolute Gasteiger partial charge is 0.354 e. The maximum Gasteiger partial charge on any atom is 0.354 e. The van der Waals surface area contributed by atoms with Gasteiger partial charge in [-0.2, -0.15) is 13.8 Å². The van der Waals surface area contributed by atoms with Gasteiger partial charge in [0.1, 0.15) is 5.82 Å². The molecule has 30 heavy (non-hydrogen) atoms. The number of nitrogens with zero attached hydrogens (tertiary/aromatic N) is 4. The maximum atomic E-state index is 14.4. The highest BCUT2D eigenvalue weighted by molar-refractivity contribution is 5.86. The molecule has 0 amide bonds. The van der Waals surface area contributed by atoms with E-state index in [0.29, 0.717) is 11.4 Å². The molecule has 0 bridgehead atoms. The Morgan fingerprint density at radius 3 is 2.23 bits per heavy atom. The maximum absolute atomic E-state index is 14.4. The van der Waals surface area contributed by atoms with Crippen LogP contribution in [0.2, 0.25) is 0 Å². The first-order valence-corrected chi connectivity index (χ1v) is 8.92. The molecule has 0 unspecified atom stereocenters. The van der Waals surface area contributed by atoms with Gasteiger partial charge in [-0.3, -0.25) is 4.98 Å². The molecule has 0 aliphatic rings. The molecule has 9 heteroatoms. The fraction of sp³-hybridized carbons (Fsp3) is 0.238. The minimum Gasteiger partial charge on any atom is -0.477 e. The number of carbonyl (C=O) groups is 1. The second-order valence-electron chi connectivity index (χ2n) is 7.45. The molecule has 156 valence electrons. The SMILES string of the molecule is CN(C)c1cc(C(=O)O)nc(C(C)(C)c2cc(F)cc(-c3ccc(F)nc3F)n2)c1. The van der Waals surface area contributed by atoms with E-state index in [1.807, 2.05) is 0 Å². The van der Waals surface area contributed by atoms with Gasteiger partial charge >= 0.3 is 5.97 Å². The van der Waals surface area contributed by atoms with Gasteiger partial charge < -0.3 is 10.0 Å². The van der Waals surface area contributed by atoms with Crippen LogP contribution in [-0.2, 0) is 5.41 Å². The predicted octanol–water partition coefficient (Wildman–Crippen LogP) is 4.05. The molecule has 0 aromatic carbocycles. The highest BCUT2D eigenvalue weighted by Crippen LogP contribution is 2.33. The molecular formula is C21H19F3N4O2. The van der Waals surface area contributed by atoms with Crippen LogP contribution in [0.1, 0.15) is 35.7 Å². The summed E-state index contributed by atoms with van der Waals surface area (Å²) in [5, 5.41) is 9.41. The van der Waals surface area contributed by atoms with Gasteiger partial charge in [0, 0.05) is 31.3 Å². The summed E-state index contributed by atoms with van der Waals surface area (Å²) in [5.41, 5.74) is -0.296. The largest absolute Gasteiger partial charge is 0.477 e. The third-order valence-corrected chi connectivity index (χ3v) is 4.71. The lowest BCUT2D eigenvalue weighted by Gasteiger charge is -2.26. The average molecular weight is 416 g/mol. The number of anilines is 1. The van der Waals surface area contributed by atoms with Crippen LogP contribution in [0.15, 0.2) is 36.4 Å². The van der Waals surface area contributed by atoms with Crippen molar-refractivity contribution in [1.29, 1.82) is 0 Å². The van der Waals surface area contributed by atoms with Gasteiger partial charge in [0.15, 0.2) is 5.69 Å². The van der Waals surface area contributed by atoms with Crippen LogP contribution in [0.3, 0.4) is 0 Å². The van der Waals surface area contributed by atoms with Gasteiger partial charge in [-0.1, -0.05) is 0 Å². The summed E-state index contributed by atoms with van der Waals surface area (Å²) in [6.45, 7) is 3.40. The van der Waals surface area contributed by atoms with E-state index in [9.17, 15) is 23.1 Å². The van der Waals surface area contributed by atoms with E-state index in [2.05, 4.69) is 15.0 Å². The van der Waals surface area contributed by atoms with Crippen LogP contribution in [-0.4, -0.2) is 40.1 Å². The first-order chi connectivity index (χ1) is 14.0. The van der Waals surface area contributed by atoms with E-state index in [1.165, 1.54) is 12.1 Å². The quantitative estimate of drug-likeness (QED) is 0.633. The summed E-state index contributed by atoms with van der Waals surface area (Å²) in [4.78, 5) is 24.9. The summed E-state index contributed by atoms with van der Waals surface area (Å²) in [5.74, 6) is -4.01. The Labute approximate surface area is 171 Å². The summed E-state index contributed by atoms with van der Waals surface area (Å²) in [6.07, 6.45) is 0. The average Bonchev–Trinajstić information content (AvgIpc) is 2.67. The van der Waals surface area contributed by atoms with Gasteiger partial charge in [0.2, 0.25) is 11.9 Å². The molecule has 3 heterocycles. The van der Waals surface area contributed by atoms with Crippen molar-refractivity contribution in [1.82, 2.24) is 15.0 Å². The Morgan fingerprint density at radius 1 is 0.967 bits per heavy atom. The third kappa shape index (κ3) is 4.10. The molecule has 0 aliphatic carbocycles. The number of halogens is 3. The topological polar surface area (TPSA) is 79.2 Å². The Bertz CT molecular complexity index is 1130. The van der Waals surface area contributed by atoms with Gasteiger partial charge in [-0.25, -0.2) is 14.2 Å². The molecular weight excluding hydrogens is 397 g/mol. The molecule has 0 atom stereocenters. The van der Waals surface area contributed by atoms with Crippen molar-refractivity contribution >= 4 is 11.7 Å². The highest BCUT2D eigenvalue weighted by atomic mass is 19.1. The second kappa shape index (κ2) is 7.74. The van der Waals surface area contributed by atoms with Crippen LogP contribution in [0.5, 0.6) is 0 Å². The summed E-state index contributed by atoms with van der Waals surface area (Å²) in [7, 11) is 3.50. The van der Waals surface area contributed by atoms with Crippen molar-refractivity contribution in [2.24, 2.45) is 0 Å².